The smallest absolute Gasteiger partial charge is 0.303 e. The molecule has 118 valence electrons. The molecule has 0 bridgehead atoms. The molecule has 0 aliphatic rings. The summed E-state index contributed by atoms with van der Waals surface area (Å²) in [7, 11) is -3.34. The molecule has 1 rings (SSSR count). The van der Waals surface area contributed by atoms with Crippen LogP contribution in [0.5, 0.6) is 0 Å². The fraction of sp³-hybridized carbons (Fsp3) is 0.533. The molecule has 0 aliphatic carbocycles. The highest BCUT2D eigenvalue weighted by Crippen LogP contribution is 2.15. The average Bonchev–Trinajstić information content (AvgIpc) is 2.42. The van der Waals surface area contributed by atoms with Gasteiger partial charge in [0.15, 0.2) is 0 Å². The van der Waals surface area contributed by atoms with Gasteiger partial charge in [0.1, 0.15) is 0 Å². The first-order chi connectivity index (χ1) is 9.93. The fourth-order valence-corrected chi connectivity index (χ4v) is 3.31. The van der Waals surface area contributed by atoms with E-state index in [1.807, 2.05) is 25.1 Å². The van der Waals surface area contributed by atoms with Gasteiger partial charge in [-0.1, -0.05) is 43.7 Å². The van der Waals surface area contributed by atoms with Crippen LogP contribution in [0, 0.1) is 5.92 Å². The number of aliphatic carboxylic acids is 1. The van der Waals surface area contributed by atoms with Gasteiger partial charge in [0, 0.05) is 13.0 Å². The Morgan fingerprint density at radius 1 is 1.24 bits per heavy atom. The molecular weight excluding hydrogens is 290 g/mol. The summed E-state index contributed by atoms with van der Waals surface area (Å²) in [5.74, 6) is -0.599. The molecular formula is C15H23NO4S. The van der Waals surface area contributed by atoms with Crippen LogP contribution in [0.15, 0.2) is 30.3 Å². The van der Waals surface area contributed by atoms with Crippen molar-refractivity contribution < 1.29 is 18.3 Å². The highest BCUT2D eigenvalue weighted by molar-refractivity contribution is 7.88. The van der Waals surface area contributed by atoms with Crippen molar-refractivity contribution in [3.63, 3.8) is 0 Å². The molecule has 6 heteroatoms. The minimum Gasteiger partial charge on any atom is -0.481 e. The number of nitrogens with one attached hydrogen (secondary N) is 1. The van der Waals surface area contributed by atoms with E-state index in [1.54, 1.807) is 12.1 Å². The Morgan fingerprint density at radius 2 is 1.90 bits per heavy atom. The molecule has 0 amide bonds. The molecule has 0 spiro atoms. The van der Waals surface area contributed by atoms with Crippen molar-refractivity contribution in [1.29, 1.82) is 0 Å². The standard InChI is InChI=1S/C15H23NO4S/c1-2-13(8-9-15(17)18)10-11-16-21(19,20)12-14-6-4-3-5-7-14/h3-7,13,16H,2,8-12H2,1H3,(H,17,18). The van der Waals surface area contributed by atoms with Crippen LogP contribution in [0.25, 0.3) is 0 Å². The molecule has 0 fully saturated rings. The second-order valence-electron chi connectivity index (χ2n) is 5.13. The van der Waals surface area contributed by atoms with Crippen molar-refractivity contribution in [3.8, 4) is 0 Å². The summed E-state index contributed by atoms with van der Waals surface area (Å²) in [6.07, 6.45) is 2.24. The summed E-state index contributed by atoms with van der Waals surface area (Å²) in [5.41, 5.74) is 0.753. The molecule has 1 aromatic rings. The first kappa shape index (κ1) is 17.7. The Bertz CT molecular complexity index is 528. The summed E-state index contributed by atoms with van der Waals surface area (Å²) < 4.78 is 26.4. The largest absolute Gasteiger partial charge is 0.481 e. The summed E-state index contributed by atoms with van der Waals surface area (Å²) in [6, 6.07) is 9.02. The SMILES string of the molecule is CCC(CCNS(=O)(=O)Cc1ccccc1)CCC(=O)O. The third kappa shape index (κ3) is 7.82. The maximum absolute atomic E-state index is 11.9. The van der Waals surface area contributed by atoms with Gasteiger partial charge in [0.05, 0.1) is 5.75 Å². The van der Waals surface area contributed by atoms with Crippen molar-refractivity contribution in [3.05, 3.63) is 35.9 Å². The minimum atomic E-state index is -3.34. The maximum Gasteiger partial charge on any atom is 0.303 e. The summed E-state index contributed by atoms with van der Waals surface area (Å²) in [6.45, 7) is 2.35. The van der Waals surface area contributed by atoms with Gasteiger partial charge in [-0.2, -0.15) is 0 Å². The van der Waals surface area contributed by atoms with E-state index in [0.717, 1.165) is 12.0 Å². The third-order valence-corrected chi connectivity index (χ3v) is 4.78. The van der Waals surface area contributed by atoms with E-state index in [9.17, 15) is 13.2 Å². The molecule has 0 saturated carbocycles. The van der Waals surface area contributed by atoms with Crippen LogP contribution < -0.4 is 4.72 Å². The van der Waals surface area contributed by atoms with Gasteiger partial charge in [-0.05, 0) is 24.3 Å². The normalized spacial score (nSPS) is 13.0. The van der Waals surface area contributed by atoms with Crippen molar-refractivity contribution in [2.75, 3.05) is 6.54 Å². The fourth-order valence-electron chi connectivity index (χ4n) is 2.14. The van der Waals surface area contributed by atoms with Crippen LogP contribution in [0.2, 0.25) is 0 Å². The predicted octanol–water partition coefficient (Wildman–Crippen LogP) is 2.39. The van der Waals surface area contributed by atoms with E-state index in [0.29, 0.717) is 19.4 Å². The summed E-state index contributed by atoms with van der Waals surface area (Å²) >= 11 is 0. The second kappa shape index (κ2) is 8.79. The Morgan fingerprint density at radius 3 is 2.48 bits per heavy atom. The lowest BCUT2D eigenvalue weighted by atomic mass is 9.97. The number of hydrogen-bond donors (Lipinski definition) is 2. The van der Waals surface area contributed by atoms with Crippen molar-refractivity contribution >= 4 is 16.0 Å². The summed E-state index contributed by atoms with van der Waals surface area (Å²) in [4.78, 5) is 10.5. The minimum absolute atomic E-state index is 0.0280. The molecule has 5 nitrogen and oxygen atoms in total. The lowest BCUT2D eigenvalue weighted by Gasteiger charge is -2.14. The Hall–Kier alpha value is -1.40. The van der Waals surface area contributed by atoms with Gasteiger partial charge in [0.25, 0.3) is 0 Å². The zero-order valence-electron chi connectivity index (χ0n) is 12.3. The van der Waals surface area contributed by atoms with Crippen LogP contribution in [0.3, 0.4) is 0 Å². The predicted molar refractivity (Wildman–Crippen MR) is 82.3 cm³/mol. The maximum atomic E-state index is 11.9. The number of benzene rings is 1. The van der Waals surface area contributed by atoms with Crippen LogP contribution in [0.1, 0.15) is 38.2 Å². The number of sulfonamides is 1. The molecule has 1 unspecified atom stereocenters. The Balaban J connectivity index is 2.37. The van der Waals surface area contributed by atoms with E-state index in [4.69, 9.17) is 5.11 Å². The second-order valence-corrected chi connectivity index (χ2v) is 6.94. The van der Waals surface area contributed by atoms with Crippen LogP contribution in [0.4, 0.5) is 0 Å². The molecule has 0 radical (unpaired) electrons. The molecule has 2 N–H and O–H groups in total. The molecule has 0 aliphatic heterocycles. The highest BCUT2D eigenvalue weighted by atomic mass is 32.2. The molecule has 0 heterocycles. The third-order valence-electron chi connectivity index (χ3n) is 3.42. The Labute approximate surface area is 126 Å². The van der Waals surface area contributed by atoms with E-state index < -0.39 is 16.0 Å². The number of carboxylic acid groups (broad SMARTS) is 1. The van der Waals surface area contributed by atoms with E-state index in [1.165, 1.54) is 0 Å². The van der Waals surface area contributed by atoms with Gasteiger partial charge in [-0.3, -0.25) is 4.79 Å². The van der Waals surface area contributed by atoms with E-state index >= 15 is 0 Å². The lowest BCUT2D eigenvalue weighted by Crippen LogP contribution is -2.27. The summed E-state index contributed by atoms with van der Waals surface area (Å²) in [5, 5.41) is 8.67. The Kier molecular flexibility index (Phi) is 7.39. The molecule has 0 saturated heterocycles. The molecule has 1 aromatic carbocycles. The first-order valence-corrected chi connectivity index (χ1v) is 8.81. The van der Waals surface area contributed by atoms with Gasteiger partial charge in [-0.15, -0.1) is 0 Å². The lowest BCUT2D eigenvalue weighted by molar-refractivity contribution is -0.137. The quantitative estimate of drug-likeness (QED) is 0.694. The monoisotopic (exact) mass is 313 g/mol. The van der Waals surface area contributed by atoms with Crippen molar-refractivity contribution in [2.45, 2.75) is 38.4 Å². The first-order valence-electron chi connectivity index (χ1n) is 7.16. The highest BCUT2D eigenvalue weighted by Gasteiger charge is 2.13. The van der Waals surface area contributed by atoms with Gasteiger partial charge in [-0.25, -0.2) is 13.1 Å². The van der Waals surface area contributed by atoms with Crippen LogP contribution in [-0.4, -0.2) is 26.0 Å². The molecule has 21 heavy (non-hydrogen) atoms. The van der Waals surface area contributed by atoms with E-state index in [2.05, 4.69) is 4.72 Å². The van der Waals surface area contributed by atoms with E-state index in [-0.39, 0.29) is 18.1 Å². The van der Waals surface area contributed by atoms with Crippen molar-refractivity contribution in [2.24, 2.45) is 5.92 Å². The molecule has 0 aromatic heterocycles. The van der Waals surface area contributed by atoms with Crippen LogP contribution in [-0.2, 0) is 20.6 Å². The van der Waals surface area contributed by atoms with Gasteiger partial charge in [0.2, 0.25) is 10.0 Å². The van der Waals surface area contributed by atoms with Gasteiger partial charge >= 0.3 is 5.97 Å². The molecule has 1 atom stereocenters. The zero-order valence-corrected chi connectivity index (χ0v) is 13.1. The number of hydrogen-bond acceptors (Lipinski definition) is 3. The topological polar surface area (TPSA) is 83.5 Å². The van der Waals surface area contributed by atoms with Crippen molar-refractivity contribution in [1.82, 2.24) is 4.72 Å². The van der Waals surface area contributed by atoms with Crippen LogP contribution >= 0.6 is 0 Å². The zero-order chi connectivity index (χ0) is 15.7. The average molecular weight is 313 g/mol. The number of carbonyl (C=O) groups is 1. The number of rotatable bonds is 10. The van der Waals surface area contributed by atoms with Gasteiger partial charge < -0.3 is 5.11 Å². The number of carboxylic acids is 1.